The first-order valence-electron chi connectivity index (χ1n) is 11.1. The number of likely N-dealkylation sites (N-methyl/N-ethyl adjacent to an activating group) is 1. The van der Waals surface area contributed by atoms with Gasteiger partial charge in [-0.1, -0.05) is 29.8 Å². The summed E-state index contributed by atoms with van der Waals surface area (Å²) in [5.41, 5.74) is 4.50. The summed E-state index contributed by atoms with van der Waals surface area (Å²) in [6, 6.07) is 13.6. The minimum atomic E-state index is -0.996. The first-order valence-corrected chi connectivity index (χ1v) is 11.5. The van der Waals surface area contributed by atoms with Crippen molar-refractivity contribution in [1.29, 1.82) is 0 Å². The van der Waals surface area contributed by atoms with E-state index < -0.39 is 17.1 Å². The molecule has 1 spiro atoms. The Hall–Kier alpha value is -2.60. The molecule has 3 aromatic rings. The van der Waals surface area contributed by atoms with Gasteiger partial charge >= 0.3 is 0 Å². The van der Waals surface area contributed by atoms with Gasteiger partial charge in [0.05, 0.1) is 16.7 Å². The Morgan fingerprint density at radius 1 is 1.12 bits per heavy atom. The van der Waals surface area contributed by atoms with Crippen LogP contribution in [0.2, 0.25) is 5.02 Å². The van der Waals surface area contributed by atoms with Crippen LogP contribution in [0.1, 0.15) is 34.9 Å². The summed E-state index contributed by atoms with van der Waals surface area (Å²) < 4.78 is 6.49. The largest absolute Gasteiger partial charge is 0.504 e. The van der Waals surface area contributed by atoms with Crippen LogP contribution in [0.3, 0.4) is 0 Å². The molecule has 0 saturated carbocycles. The van der Waals surface area contributed by atoms with E-state index in [9.17, 15) is 10.2 Å². The Balaban J connectivity index is 1.46. The lowest BCUT2D eigenvalue weighted by Crippen LogP contribution is -2.74. The van der Waals surface area contributed by atoms with Crippen LogP contribution in [0.25, 0.3) is 11.1 Å². The zero-order chi connectivity index (χ0) is 21.8. The van der Waals surface area contributed by atoms with Crippen molar-refractivity contribution in [2.75, 3.05) is 13.6 Å². The van der Waals surface area contributed by atoms with Gasteiger partial charge < -0.3 is 19.8 Å². The number of rotatable bonds is 1. The van der Waals surface area contributed by atoms with Crippen LogP contribution in [0.5, 0.6) is 11.5 Å². The topological polar surface area (TPSA) is 65.8 Å². The number of phenols is 1. The average Bonchev–Trinajstić information content (AvgIpc) is 3.14. The lowest BCUT2D eigenvalue weighted by atomic mass is 9.49. The number of fused-ring (bicyclic) bond motifs is 2. The molecule has 2 N–H and O–H groups in total. The SMILES string of the molecule is CN1CC[C@]23c4c5ccc(O)c4O[C@H]2c2ncc(-c4ccc(Cl)cc4)cc2C[C@@]3(O)[C@@H]1C5. The van der Waals surface area contributed by atoms with E-state index in [-0.39, 0.29) is 11.8 Å². The van der Waals surface area contributed by atoms with Gasteiger partial charge in [0.2, 0.25) is 0 Å². The van der Waals surface area contributed by atoms with Crippen molar-refractivity contribution in [3.63, 3.8) is 0 Å². The summed E-state index contributed by atoms with van der Waals surface area (Å²) in [7, 11) is 2.10. The standard InChI is InChI=1S/C26H23ClN2O3/c1-29-9-8-25-21-15-4-7-19(30)23(21)32-24(25)22-16(12-26(25,31)20(29)11-15)10-17(13-28-22)14-2-5-18(27)6-3-14/h2-7,10,13,20,24,30-31H,8-9,11-12H2,1H3/t20-,24-,25-,26+/m0/s1. The van der Waals surface area contributed by atoms with Crippen molar-refractivity contribution in [3.05, 3.63) is 76.1 Å². The Morgan fingerprint density at radius 2 is 1.94 bits per heavy atom. The number of benzene rings is 2. The Kier molecular flexibility index (Phi) is 3.57. The fourth-order valence-electron chi connectivity index (χ4n) is 6.91. The number of hydrogen-bond donors (Lipinski definition) is 2. The van der Waals surface area contributed by atoms with Gasteiger partial charge in [-0.2, -0.15) is 0 Å². The van der Waals surface area contributed by atoms with E-state index in [0.29, 0.717) is 17.2 Å². The molecule has 7 rings (SSSR count). The first-order chi connectivity index (χ1) is 15.4. The third-order valence-electron chi connectivity index (χ3n) is 8.37. The summed E-state index contributed by atoms with van der Waals surface area (Å²) >= 11 is 6.07. The van der Waals surface area contributed by atoms with E-state index in [4.69, 9.17) is 21.3 Å². The second-order valence-corrected chi connectivity index (χ2v) is 10.2. The molecule has 2 aromatic carbocycles. The molecule has 32 heavy (non-hydrogen) atoms. The second-order valence-electron chi connectivity index (χ2n) is 9.74. The van der Waals surface area contributed by atoms with E-state index in [1.807, 2.05) is 36.5 Å². The number of hydrogen-bond acceptors (Lipinski definition) is 5. The highest BCUT2D eigenvalue weighted by Crippen LogP contribution is 2.68. The summed E-state index contributed by atoms with van der Waals surface area (Å²) in [6.45, 7) is 0.875. The summed E-state index contributed by atoms with van der Waals surface area (Å²) in [6.07, 6.45) is 3.50. The normalized spacial score (nSPS) is 31.6. The molecule has 6 heteroatoms. The third kappa shape index (κ3) is 2.10. The van der Waals surface area contributed by atoms with Crippen molar-refractivity contribution in [3.8, 4) is 22.6 Å². The number of aromatic nitrogens is 1. The second kappa shape index (κ2) is 6.04. The number of ether oxygens (including phenoxy) is 1. The van der Waals surface area contributed by atoms with Crippen LogP contribution >= 0.6 is 11.6 Å². The maximum atomic E-state index is 12.5. The molecule has 2 aliphatic heterocycles. The van der Waals surface area contributed by atoms with Gasteiger partial charge in [0.15, 0.2) is 17.6 Å². The van der Waals surface area contributed by atoms with Gasteiger partial charge in [-0.15, -0.1) is 0 Å². The minimum Gasteiger partial charge on any atom is -0.504 e. The number of nitrogens with zero attached hydrogens (tertiary/aromatic N) is 2. The number of piperidine rings is 1. The maximum Gasteiger partial charge on any atom is 0.166 e. The van der Waals surface area contributed by atoms with Crippen LogP contribution in [0, 0.1) is 0 Å². The molecule has 1 saturated heterocycles. The molecular formula is C26H23ClN2O3. The van der Waals surface area contributed by atoms with E-state index in [2.05, 4.69) is 18.0 Å². The minimum absolute atomic E-state index is 0.0160. The smallest absolute Gasteiger partial charge is 0.166 e. The molecule has 162 valence electrons. The van der Waals surface area contributed by atoms with E-state index in [1.54, 1.807) is 6.07 Å². The molecule has 2 bridgehead atoms. The van der Waals surface area contributed by atoms with Gasteiger partial charge in [0.25, 0.3) is 0 Å². The number of likely N-dealkylation sites (tertiary alicyclic amines) is 1. The Labute approximate surface area is 191 Å². The fraction of sp³-hybridized carbons (Fsp3) is 0.346. The van der Waals surface area contributed by atoms with Crippen LogP contribution < -0.4 is 4.74 Å². The fourth-order valence-corrected chi connectivity index (χ4v) is 7.04. The monoisotopic (exact) mass is 446 g/mol. The number of aromatic hydroxyl groups is 1. The molecule has 2 aliphatic carbocycles. The van der Waals surface area contributed by atoms with Gasteiger partial charge in [0.1, 0.15) is 0 Å². The van der Waals surface area contributed by atoms with Gasteiger partial charge in [-0.25, -0.2) is 0 Å². The summed E-state index contributed by atoms with van der Waals surface area (Å²) in [5, 5.41) is 23.8. The highest BCUT2D eigenvalue weighted by molar-refractivity contribution is 6.30. The van der Waals surface area contributed by atoms with Crippen molar-refractivity contribution in [2.45, 2.75) is 42.4 Å². The molecule has 3 heterocycles. The van der Waals surface area contributed by atoms with Crippen molar-refractivity contribution < 1.29 is 14.9 Å². The average molecular weight is 447 g/mol. The summed E-state index contributed by atoms with van der Waals surface area (Å²) in [5.74, 6) is 0.678. The van der Waals surface area contributed by atoms with E-state index in [0.717, 1.165) is 47.3 Å². The number of pyridine rings is 1. The van der Waals surface area contributed by atoms with Crippen LogP contribution in [0.4, 0.5) is 0 Å². The molecule has 0 amide bonds. The molecule has 0 radical (unpaired) electrons. The predicted molar refractivity (Wildman–Crippen MR) is 121 cm³/mol. The van der Waals surface area contributed by atoms with Crippen LogP contribution in [0.15, 0.2) is 48.7 Å². The lowest BCUT2D eigenvalue weighted by molar-refractivity contribution is -0.168. The first kappa shape index (κ1) is 18.9. The highest BCUT2D eigenvalue weighted by atomic mass is 35.5. The van der Waals surface area contributed by atoms with Crippen molar-refractivity contribution in [2.24, 2.45) is 0 Å². The zero-order valence-corrected chi connectivity index (χ0v) is 18.4. The Morgan fingerprint density at radius 3 is 2.75 bits per heavy atom. The van der Waals surface area contributed by atoms with Gasteiger partial charge in [-0.3, -0.25) is 4.98 Å². The molecule has 0 unspecified atom stereocenters. The number of halogens is 1. The van der Waals surface area contributed by atoms with Gasteiger partial charge in [-0.05, 0) is 67.4 Å². The lowest BCUT2D eigenvalue weighted by Gasteiger charge is -2.62. The van der Waals surface area contributed by atoms with Gasteiger partial charge in [0, 0.05) is 34.8 Å². The number of phenolic OH excluding ortho intramolecular Hbond substituents is 1. The van der Waals surface area contributed by atoms with Crippen molar-refractivity contribution >= 4 is 11.6 Å². The van der Waals surface area contributed by atoms with E-state index >= 15 is 0 Å². The highest BCUT2D eigenvalue weighted by Gasteiger charge is 2.72. The zero-order valence-electron chi connectivity index (χ0n) is 17.7. The number of aliphatic hydroxyl groups is 1. The molecule has 1 aromatic heterocycles. The van der Waals surface area contributed by atoms with Crippen LogP contribution in [-0.2, 0) is 18.3 Å². The maximum absolute atomic E-state index is 12.5. The molecule has 4 aliphatic rings. The van der Waals surface area contributed by atoms with Crippen molar-refractivity contribution in [1.82, 2.24) is 9.88 Å². The Bertz CT molecular complexity index is 1290. The molecular weight excluding hydrogens is 424 g/mol. The third-order valence-corrected chi connectivity index (χ3v) is 8.62. The molecule has 1 fully saturated rings. The quantitative estimate of drug-likeness (QED) is 0.591. The molecule has 4 atom stereocenters. The predicted octanol–water partition coefficient (Wildman–Crippen LogP) is 4.03. The van der Waals surface area contributed by atoms with E-state index in [1.165, 1.54) is 5.56 Å². The summed E-state index contributed by atoms with van der Waals surface area (Å²) in [4.78, 5) is 7.18. The molecule has 5 nitrogen and oxygen atoms in total. The van der Waals surface area contributed by atoms with Crippen LogP contribution in [-0.4, -0.2) is 45.3 Å².